The van der Waals surface area contributed by atoms with Crippen molar-refractivity contribution < 1.29 is 5.11 Å². The molecule has 1 aliphatic rings. The second kappa shape index (κ2) is 4.03. The molecule has 0 saturated carbocycles. The second-order valence-corrected chi connectivity index (χ2v) is 4.08. The van der Waals surface area contributed by atoms with E-state index in [0.29, 0.717) is 0 Å². The van der Waals surface area contributed by atoms with Gasteiger partial charge in [0.2, 0.25) is 0 Å². The van der Waals surface area contributed by atoms with Gasteiger partial charge in [0, 0.05) is 5.92 Å². The van der Waals surface area contributed by atoms with Crippen LogP contribution in [-0.2, 0) is 0 Å². The van der Waals surface area contributed by atoms with Gasteiger partial charge in [-0.2, -0.15) is 0 Å². The first kappa shape index (κ1) is 10.2. The molecule has 1 aromatic carbocycles. The van der Waals surface area contributed by atoms with Crippen molar-refractivity contribution in [2.45, 2.75) is 19.4 Å². The van der Waals surface area contributed by atoms with Crippen molar-refractivity contribution in [3.05, 3.63) is 54.1 Å². The molecular weight excluding hydrogens is 184 g/mol. The molecule has 0 bridgehead atoms. The maximum atomic E-state index is 9.96. The van der Waals surface area contributed by atoms with Crippen LogP contribution >= 0.6 is 0 Å². The molecule has 78 valence electrons. The Bertz CT molecular complexity index is 389. The quantitative estimate of drug-likeness (QED) is 0.727. The minimum atomic E-state index is -0.349. The van der Waals surface area contributed by atoms with E-state index in [0.717, 1.165) is 12.0 Å². The summed E-state index contributed by atoms with van der Waals surface area (Å²) in [5, 5.41) is 9.96. The number of aliphatic hydroxyl groups is 1. The van der Waals surface area contributed by atoms with Gasteiger partial charge < -0.3 is 5.11 Å². The second-order valence-electron chi connectivity index (χ2n) is 4.08. The monoisotopic (exact) mass is 200 g/mol. The van der Waals surface area contributed by atoms with E-state index < -0.39 is 0 Å². The lowest BCUT2D eigenvalue weighted by atomic mass is 10.0. The summed E-state index contributed by atoms with van der Waals surface area (Å²) in [6.07, 6.45) is 2.41. The van der Waals surface area contributed by atoms with E-state index in [1.54, 1.807) is 0 Å². The molecule has 0 aromatic heterocycles. The molecule has 2 atom stereocenters. The van der Waals surface area contributed by atoms with Gasteiger partial charge in [0.05, 0.1) is 6.10 Å². The van der Waals surface area contributed by atoms with Crippen molar-refractivity contribution in [3.8, 4) is 0 Å². The summed E-state index contributed by atoms with van der Waals surface area (Å²) >= 11 is 0. The largest absolute Gasteiger partial charge is 0.388 e. The Kier molecular flexibility index (Phi) is 2.74. The molecule has 15 heavy (non-hydrogen) atoms. The predicted molar refractivity (Wildman–Crippen MR) is 63.3 cm³/mol. The molecule has 1 unspecified atom stereocenters. The van der Waals surface area contributed by atoms with Gasteiger partial charge in [0.15, 0.2) is 0 Å². The molecule has 0 fully saturated rings. The molecule has 1 nitrogen and oxygen atoms in total. The average molecular weight is 200 g/mol. The van der Waals surface area contributed by atoms with Gasteiger partial charge in [-0.25, -0.2) is 0 Å². The lowest BCUT2D eigenvalue weighted by Crippen LogP contribution is -2.13. The number of benzene rings is 1. The first-order chi connectivity index (χ1) is 7.24. The van der Waals surface area contributed by atoms with Crippen molar-refractivity contribution in [2.75, 3.05) is 0 Å². The van der Waals surface area contributed by atoms with Crippen LogP contribution in [-0.4, -0.2) is 11.2 Å². The summed E-state index contributed by atoms with van der Waals surface area (Å²) in [6, 6.07) is 10.3. The molecule has 0 amide bonds. The van der Waals surface area contributed by atoms with Crippen molar-refractivity contribution in [1.29, 1.82) is 0 Å². The van der Waals surface area contributed by atoms with Gasteiger partial charge in [-0.3, -0.25) is 0 Å². The van der Waals surface area contributed by atoms with Crippen LogP contribution in [0.3, 0.4) is 0 Å². The van der Waals surface area contributed by atoms with E-state index in [9.17, 15) is 5.11 Å². The molecule has 0 radical (unpaired) electrons. The zero-order chi connectivity index (χ0) is 10.8. The molecule has 2 rings (SSSR count). The number of rotatable bonds is 2. The van der Waals surface area contributed by atoms with Crippen LogP contribution in [0.25, 0.3) is 5.57 Å². The highest BCUT2D eigenvalue weighted by Crippen LogP contribution is 2.38. The van der Waals surface area contributed by atoms with Crippen molar-refractivity contribution in [1.82, 2.24) is 0 Å². The highest BCUT2D eigenvalue weighted by atomic mass is 16.3. The summed E-state index contributed by atoms with van der Waals surface area (Å²) in [4.78, 5) is 0. The number of allylic oxidation sites excluding steroid dienone is 1. The zero-order valence-corrected chi connectivity index (χ0v) is 8.98. The fraction of sp³-hybridized carbons (Fsp3) is 0.286. The molecular formula is C14H16O. The van der Waals surface area contributed by atoms with Crippen molar-refractivity contribution >= 4 is 5.57 Å². The van der Waals surface area contributed by atoms with E-state index in [1.165, 1.54) is 11.1 Å². The predicted octanol–water partition coefficient (Wildman–Crippen LogP) is 3.03. The van der Waals surface area contributed by atoms with E-state index >= 15 is 0 Å². The Morgan fingerprint density at radius 1 is 1.33 bits per heavy atom. The van der Waals surface area contributed by atoms with Gasteiger partial charge in [-0.15, -0.1) is 6.58 Å². The first-order valence-electron chi connectivity index (χ1n) is 5.29. The topological polar surface area (TPSA) is 20.2 Å². The van der Waals surface area contributed by atoms with E-state index in [2.05, 4.69) is 18.7 Å². The number of hydrogen-bond acceptors (Lipinski definition) is 1. The van der Waals surface area contributed by atoms with Crippen molar-refractivity contribution in [3.63, 3.8) is 0 Å². The maximum absolute atomic E-state index is 9.96. The van der Waals surface area contributed by atoms with Crippen LogP contribution < -0.4 is 0 Å². The van der Waals surface area contributed by atoms with Crippen molar-refractivity contribution in [2.24, 2.45) is 5.92 Å². The highest BCUT2D eigenvalue weighted by molar-refractivity contribution is 5.72. The fourth-order valence-corrected chi connectivity index (χ4v) is 2.21. The molecule has 1 heteroatoms. The van der Waals surface area contributed by atoms with E-state index in [-0.39, 0.29) is 12.0 Å². The standard InChI is InChI=1S/C14H16O/c1-3-11-9-13(10(2)14(11)15)12-7-5-4-6-8-12/h3-8,11,14-15H,1,9H2,2H3/t11-,14?/m1/s1. The van der Waals surface area contributed by atoms with Crippen LogP contribution in [0.15, 0.2) is 48.6 Å². The Labute approximate surface area is 90.8 Å². The third kappa shape index (κ3) is 1.75. The Balaban J connectivity index is 2.35. The summed E-state index contributed by atoms with van der Waals surface area (Å²) in [6.45, 7) is 5.78. The summed E-state index contributed by atoms with van der Waals surface area (Å²) in [7, 11) is 0. The lowest BCUT2D eigenvalue weighted by Gasteiger charge is -2.09. The Morgan fingerprint density at radius 3 is 2.53 bits per heavy atom. The van der Waals surface area contributed by atoms with Crippen LogP contribution in [0.4, 0.5) is 0 Å². The minimum absolute atomic E-state index is 0.181. The number of aliphatic hydroxyl groups excluding tert-OH is 1. The fourth-order valence-electron chi connectivity index (χ4n) is 2.21. The molecule has 0 spiro atoms. The van der Waals surface area contributed by atoms with Crippen LogP contribution in [0.1, 0.15) is 18.9 Å². The smallest absolute Gasteiger partial charge is 0.0818 e. The SMILES string of the molecule is C=C[C@@H]1CC(c2ccccc2)=C(C)C1O. The third-order valence-corrected chi connectivity index (χ3v) is 3.19. The Hall–Kier alpha value is -1.34. The van der Waals surface area contributed by atoms with E-state index in [4.69, 9.17) is 0 Å². The van der Waals surface area contributed by atoms with Crippen LogP contribution in [0, 0.1) is 5.92 Å². The summed E-state index contributed by atoms with van der Waals surface area (Å²) < 4.78 is 0. The van der Waals surface area contributed by atoms with Crippen LogP contribution in [0.5, 0.6) is 0 Å². The highest BCUT2D eigenvalue weighted by Gasteiger charge is 2.28. The summed E-state index contributed by atoms with van der Waals surface area (Å²) in [5.74, 6) is 0.181. The molecule has 1 aliphatic carbocycles. The normalized spacial score (nSPS) is 25.7. The molecule has 1 aromatic rings. The lowest BCUT2D eigenvalue weighted by molar-refractivity contribution is 0.178. The van der Waals surface area contributed by atoms with Gasteiger partial charge in [0.1, 0.15) is 0 Å². The third-order valence-electron chi connectivity index (χ3n) is 3.19. The van der Waals surface area contributed by atoms with Gasteiger partial charge in [-0.05, 0) is 30.1 Å². The van der Waals surface area contributed by atoms with Crippen LogP contribution in [0.2, 0.25) is 0 Å². The zero-order valence-electron chi connectivity index (χ0n) is 8.98. The Morgan fingerprint density at radius 2 is 2.00 bits per heavy atom. The minimum Gasteiger partial charge on any atom is -0.388 e. The van der Waals surface area contributed by atoms with Gasteiger partial charge in [-0.1, -0.05) is 36.4 Å². The summed E-state index contributed by atoms with van der Waals surface area (Å²) in [5.41, 5.74) is 3.58. The molecule has 0 saturated heterocycles. The number of hydrogen-bond donors (Lipinski definition) is 1. The van der Waals surface area contributed by atoms with E-state index in [1.807, 2.05) is 31.2 Å². The molecule has 1 N–H and O–H groups in total. The molecule has 0 heterocycles. The van der Waals surface area contributed by atoms with Gasteiger partial charge in [0.25, 0.3) is 0 Å². The first-order valence-corrected chi connectivity index (χ1v) is 5.29. The van der Waals surface area contributed by atoms with Gasteiger partial charge >= 0.3 is 0 Å². The maximum Gasteiger partial charge on any atom is 0.0818 e. The average Bonchev–Trinajstić information content (AvgIpc) is 2.57. The molecule has 0 aliphatic heterocycles.